The van der Waals surface area contributed by atoms with Gasteiger partial charge in [0.25, 0.3) is 0 Å². The van der Waals surface area contributed by atoms with Crippen LogP contribution in [0.15, 0.2) is 0 Å². The van der Waals surface area contributed by atoms with Crippen molar-refractivity contribution >= 4 is 8.32 Å². The molecule has 0 spiro atoms. The SMILES string of the molecule is C.CCO[Si](C)(C)C. The first kappa shape index (κ1) is 11.0. The molecule has 8 heavy (non-hydrogen) atoms. The van der Waals surface area contributed by atoms with E-state index in [1.807, 2.05) is 6.92 Å². The number of rotatable bonds is 2. The van der Waals surface area contributed by atoms with Gasteiger partial charge in [-0.3, -0.25) is 0 Å². The molecule has 0 aliphatic rings. The molecule has 0 N–H and O–H groups in total. The van der Waals surface area contributed by atoms with Crippen LogP contribution in [0, 0.1) is 0 Å². The molecule has 0 rings (SSSR count). The average molecular weight is 134 g/mol. The predicted octanol–water partition coefficient (Wildman–Crippen LogP) is 2.49. The highest BCUT2D eigenvalue weighted by Crippen LogP contribution is 2.00. The summed E-state index contributed by atoms with van der Waals surface area (Å²) >= 11 is 0. The van der Waals surface area contributed by atoms with Gasteiger partial charge in [-0.15, -0.1) is 0 Å². The van der Waals surface area contributed by atoms with Crippen molar-refractivity contribution in [3.05, 3.63) is 0 Å². The molecule has 0 heterocycles. The number of hydrogen-bond donors (Lipinski definition) is 0. The Morgan fingerprint density at radius 3 is 1.62 bits per heavy atom. The third-order valence-corrected chi connectivity index (χ3v) is 1.73. The predicted molar refractivity (Wildman–Crippen MR) is 41.7 cm³/mol. The summed E-state index contributed by atoms with van der Waals surface area (Å²) in [5.41, 5.74) is 0. The Morgan fingerprint density at radius 1 is 1.25 bits per heavy atom. The molecule has 0 aliphatic heterocycles. The molecule has 52 valence electrons. The molecular formula is C6H18OSi. The largest absolute Gasteiger partial charge is 0.418 e. The van der Waals surface area contributed by atoms with Gasteiger partial charge < -0.3 is 4.43 Å². The highest BCUT2D eigenvalue weighted by Gasteiger charge is 2.11. The molecule has 0 aromatic carbocycles. The van der Waals surface area contributed by atoms with Crippen LogP contribution in [0.5, 0.6) is 0 Å². The molecule has 0 aromatic rings. The number of hydrogen-bond acceptors (Lipinski definition) is 1. The zero-order chi connectivity index (χ0) is 5.91. The van der Waals surface area contributed by atoms with Gasteiger partial charge in [0.1, 0.15) is 0 Å². The maximum absolute atomic E-state index is 5.37. The van der Waals surface area contributed by atoms with E-state index in [1.54, 1.807) is 0 Å². The Balaban J connectivity index is 0. The summed E-state index contributed by atoms with van der Waals surface area (Å²) in [6.45, 7) is 9.48. The second kappa shape index (κ2) is 4.10. The highest BCUT2D eigenvalue weighted by molar-refractivity contribution is 6.69. The monoisotopic (exact) mass is 134 g/mol. The van der Waals surface area contributed by atoms with Crippen LogP contribution in [-0.2, 0) is 4.43 Å². The van der Waals surface area contributed by atoms with Crippen LogP contribution in [0.2, 0.25) is 19.6 Å². The minimum Gasteiger partial charge on any atom is -0.418 e. The second-order valence-corrected chi connectivity index (χ2v) is 7.06. The third kappa shape index (κ3) is 9.49. The summed E-state index contributed by atoms with van der Waals surface area (Å²) in [7, 11) is -1.16. The molecule has 0 saturated carbocycles. The fourth-order valence-electron chi connectivity index (χ4n) is 0.433. The molecular weight excluding hydrogens is 116 g/mol. The Hall–Kier alpha value is 0.177. The summed E-state index contributed by atoms with van der Waals surface area (Å²) in [5, 5.41) is 0. The molecule has 0 radical (unpaired) electrons. The van der Waals surface area contributed by atoms with E-state index in [0.29, 0.717) is 0 Å². The lowest BCUT2D eigenvalue weighted by Crippen LogP contribution is -2.24. The minimum atomic E-state index is -1.16. The van der Waals surface area contributed by atoms with Crippen molar-refractivity contribution in [3.63, 3.8) is 0 Å². The van der Waals surface area contributed by atoms with Crippen LogP contribution >= 0.6 is 0 Å². The molecule has 0 saturated heterocycles. The van der Waals surface area contributed by atoms with Gasteiger partial charge >= 0.3 is 0 Å². The van der Waals surface area contributed by atoms with Crippen molar-refractivity contribution in [1.29, 1.82) is 0 Å². The third-order valence-electron chi connectivity index (χ3n) is 0.577. The lowest BCUT2D eigenvalue weighted by molar-refractivity contribution is 0.334. The van der Waals surface area contributed by atoms with Gasteiger partial charge in [-0.05, 0) is 26.6 Å². The van der Waals surface area contributed by atoms with Gasteiger partial charge in [0.15, 0.2) is 8.32 Å². The molecule has 0 fully saturated rings. The molecule has 0 atom stereocenters. The zero-order valence-corrected chi connectivity index (χ0v) is 6.62. The van der Waals surface area contributed by atoms with Gasteiger partial charge in [-0.25, -0.2) is 0 Å². The van der Waals surface area contributed by atoms with Crippen molar-refractivity contribution in [2.24, 2.45) is 0 Å². The Labute approximate surface area is 54.2 Å². The Morgan fingerprint density at radius 2 is 1.62 bits per heavy atom. The van der Waals surface area contributed by atoms with Gasteiger partial charge in [0.2, 0.25) is 0 Å². The fraction of sp³-hybridized carbons (Fsp3) is 1.00. The second-order valence-electron chi connectivity index (χ2n) is 2.55. The average Bonchev–Trinajstić information content (AvgIpc) is 1.30. The van der Waals surface area contributed by atoms with E-state index in [1.165, 1.54) is 0 Å². The van der Waals surface area contributed by atoms with Crippen molar-refractivity contribution in [2.75, 3.05) is 6.61 Å². The van der Waals surface area contributed by atoms with Crippen LogP contribution in [0.25, 0.3) is 0 Å². The first-order valence-electron chi connectivity index (χ1n) is 2.70. The first-order chi connectivity index (χ1) is 3.06. The van der Waals surface area contributed by atoms with Crippen molar-refractivity contribution in [1.82, 2.24) is 0 Å². The van der Waals surface area contributed by atoms with E-state index in [4.69, 9.17) is 4.43 Å². The van der Waals surface area contributed by atoms with E-state index in [9.17, 15) is 0 Å². The quantitative estimate of drug-likeness (QED) is 0.527. The molecule has 0 amide bonds. The summed E-state index contributed by atoms with van der Waals surface area (Å²) in [6, 6.07) is 0. The van der Waals surface area contributed by atoms with E-state index in [2.05, 4.69) is 19.6 Å². The van der Waals surface area contributed by atoms with Crippen molar-refractivity contribution in [2.45, 2.75) is 34.0 Å². The highest BCUT2D eigenvalue weighted by atomic mass is 28.4. The maximum Gasteiger partial charge on any atom is 0.183 e. The van der Waals surface area contributed by atoms with Crippen LogP contribution in [-0.4, -0.2) is 14.9 Å². The van der Waals surface area contributed by atoms with E-state index in [0.717, 1.165) is 6.61 Å². The molecule has 1 nitrogen and oxygen atoms in total. The van der Waals surface area contributed by atoms with Crippen molar-refractivity contribution < 1.29 is 4.43 Å². The molecule has 0 aliphatic carbocycles. The van der Waals surface area contributed by atoms with Crippen LogP contribution < -0.4 is 0 Å². The van der Waals surface area contributed by atoms with Crippen LogP contribution in [0.3, 0.4) is 0 Å². The van der Waals surface area contributed by atoms with Gasteiger partial charge in [0.05, 0.1) is 0 Å². The lowest BCUT2D eigenvalue weighted by Gasteiger charge is -2.14. The van der Waals surface area contributed by atoms with Crippen LogP contribution in [0.4, 0.5) is 0 Å². The lowest BCUT2D eigenvalue weighted by atomic mass is 10.9. The van der Waals surface area contributed by atoms with E-state index < -0.39 is 8.32 Å². The molecule has 0 bridgehead atoms. The molecule has 0 aromatic heterocycles. The Kier molecular flexibility index (Phi) is 5.65. The summed E-state index contributed by atoms with van der Waals surface area (Å²) < 4.78 is 5.37. The Bertz CT molecular complexity index is 47.0. The first-order valence-corrected chi connectivity index (χ1v) is 6.11. The molecule has 2 heteroatoms. The van der Waals surface area contributed by atoms with Crippen molar-refractivity contribution in [3.8, 4) is 0 Å². The fourth-order valence-corrected chi connectivity index (χ4v) is 1.30. The van der Waals surface area contributed by atoms with E-state index >= 15 is 0 Å². The zero-order valence-electron chi connectivity index (χ0n) is 5.62. The smallest absolute Gasteiger partial charge is 0.183 e. The maximum atomic E-state index is 5.37. The van der Waals surface area contributed by atoms with E-state index in [-0.39, 0.29) is 7.43 Å². The summed E-state index contributed by atoms with van der Waals surface area (Å²) in [5.74, 6) is 0. The van der Waals surface area contributed by atoms with Crippen LogP contribution in [0.1, 0.15) is 14.4 Å². The van der Waals surface area contributed by atoms with Gasteiger partial charge in [0, 0.05) is 6.61 Å². The summed E-state index contributed by atoms with van der Waals surface area (Å²) in [6.07, 6.45) is 0. The normalized spacial score (nSPS) is 10.5. The minimum absolute atomic E-state index is 0. The summed E-state index contributed by atoms with van der Waals surface area (Å²) in [4.78, 5) is 0. The van der Waals surface area contributed by atoms with Gasteiger partial charge in [-0.2, -0.15) is 0 Å². The standard InChI is InChI=1S/C5H14OSi.CH4/c1-5-6-7(2,3)4;/h5H2,1-4H3;1H4. The topological polar surface area (TPSA) is 9.23 Å². The molecule has 0 unspecified atom stereocenters. The van der Waals surface area contributed by atoms with Gasteiger partial charge in [-0.1, -0.05) is 7.43 Å².